The van der Waals surface area contributed by atoms with Crippen molar-refractivity contribution in [3.63, 3.8) is 0 Å². The molecule has 0 aromatic heterocycles. The van der Waals surface area contributed by atoms with E-state index in [4.69, 9.17) is 23.2 Å². The first-order valence-corrected chi connectivity index (χ1v) is 11.9. The van der Waals surface area contributed by atoms with E-state index in [2.05, 4.69) is 28.9 Å². The summed E-state index contributed by atoms with van der Waals surface area (Å²) in [6, 6.07) is 0. The van der Waals surface area contributed by atoms with Crippen molar-refractivity contribution in [1.29, 1.82) is 0 Å². The third kappa shape index (κ3) is 2.45. The second-order valence-corrected chi connectivity index (χ2v) is 12.1. The van der Waals surface area contributed by atoms with Crippen LogP contribution >= 0.6 is 39.1 Å². The quantitative estimate of drug-likeness (QED) is 0.379. The summed E-state index contributed by atoms with van der Waals surface area (Å²) in [5.41, 5.74) is -1.41. The monoisotopic (exact) mass is 494 g/mol. The van der Waals surface area contributed by atoms with Crippen molar-refractivity contribution in [1.82, 2.24) is 0 Å². The van der Waals surface area contributed by atoms with Gasteiger partial charge in [-0.3, -0.25) is 0 Å². The zero-order valence-electron chi connectivity index (χ0n) is 16.7. The van der Waals surface area contributed by atoms with Crippen molar-refractivity contribution in [2.75, 3.05) is 6.61 Å². The topological polar surface area (TPSA) is 40.5 Å². The van der Waals surface area contributed by atoms with Crippen molar-refractivity contribution in [2.24, 2.45) is 28.6 Å². The summed E-state index contributed by atoms with van der Waals surface area (Å²) in [5, 5.41) is 20.8. The maximum absolute atomic E-state index is 15.5. The van der Waals surface area contributed by atoms with Gasteiger partial charge in [-0.2, -0.15) is 0 Å². The fraction of sp³-hybridized carbons (Fsp3) is 0.818. The molecule has 0 radical (unpaired) electrons. The fourth-order valence-corrected chi connectivity index (χ4v) is 9.27. The van der Waals surface area contributed by atoms with E-state index in [1.807, 2.05) is 19.9 Å². The van der Waals surface area contributed by atoms with Crippen molar-refractivity contribution in [2.45, 2.75) is 74.9 Å². The van der Waals surface area contributed by atoms with Gasteiger partial charge in [-0.05, 0) is 53.5 Å². The number of hydrogen-bond acceptors (Lipinski definition) is 2. The Balaban J connectivity index is 1.85. The summed E-state index contributed by atoms with van der Waals surface area (Å²) in [6.07, 6.45) is 5.70. The lowest BCUT2D eigenvalue weighted by Gasteiger charge is -2.64. The van der Waals surface area contributed by atoms with E-state index in [0.29, 0.717) is 25.7 Å². The molecule has 0 unspecified atom stereocenters. The molecule has 0 heterocycles. The van der Waals surface area contributed by atoms with Crippen LogP contribution in [0.25, 0.3) is 0 Å². The number of aliphatic hydroxyl groups excluding tert-OH is 1. The van der Waals surface area contributed by atoms with E-state index in [0.717, 1.165) is 16.5 Å². The molecular weight excluding hydrogens is 466 g/mol. The minimum Gasteiger partial charge on any atom is -0.396 e. The minimum absolute atomic E-state index is 0.00831. The summed E-state index contributed by atoms with van der Waals surface area (Å²) < 4.78 is 16.5. The number of hydrogen-bond donors (Lipinski definition) is 2. The molecule has 0 aromatic rings. The number of alkyl halides is 3. The highest BCUT2D eigenvalue weighted by atomic mass is 79.9. The lowest BCUT2D eigenvalue weighted by molar-refractivity contribution is -0.138. The predicted molar refractivity (Wildman–Crippen MR) is 116 cm³/mol. The van der Waals surface area contributed by atoms with E-state index < -0.39 is 32.9 Å². The molecule has 158 valence electrons. The van der Waals surface area contributed by atoms with Gasteiger partial charge in [-0.15, -0.1) is 23.2 Å². The summed E-state index contributed by atoms with van der Waals surface area (Å²) in [4.78, 5) is -0.809. The van der Waals surface area contributed by atoms with Gasteiger partial charge >= 0.3 is 0 Å². The van der Waals surface area contributed by atoms with Crippen molar-refractivity contribution < 1.29 is 14.6 Å². The van der Waals surface area contributed by atoms with Crippen LogP contribution in [-0.2, 0) is 0 Å². The Labute approximate surface area is 185 Å². The Hall–Kier alpha value is 0.390. The molecule has 0 aromatic carbocycles. The average Bonchev–Trinajstić information content (AvgIpc) is 2.79. The largest absolute Gasteiger partial charge is 0.396 e. The molecule has 4 rings (SSSR count). The number of halogens is 4. The highest BCUT2D eigenvalue weighted by Crippen LogP contribution is 2.73. The number of aliphatic hydroxyl groups is 2. The van der Waals surface area contributed by atoms with Crippen LogP contribution in [0.1, 0.15) is 52.9 Å². The Morgan fingerprint density at radius 3 is 2.61 bits per heavy atom. The first kappa shape index (κ1) is 21.6. The van der Waals surface area contributed by atoms with E-state index in [-0.39, 0.29) is 24.4 Å². The smallest absolute Gasteiger partial charge is 0.122 e. The van der Waals surface area contributed by atoms with Gasteiger partial charge in [-0.1, -0.05) is 48.9 Å². The van der Waals surface area contributed by atoms with Gasteiger partial charge < -0.3 is 10.2 Å². The lowest BCUT2D eigenvalue weighted by Crippen LogP contribution is -2.68. The van der Waals surface area contributed by atoms with Crippen LogP contribution < -0.4 is 0 Å². The SMILES string of the molecule is C[C@@H]1C[C@H]2[C@@H]3C[C@@H](F)C4=CCC(Br)=C[C@]4(C)[C@@]3(Cl)[C@@H](Cl)C[C@]2(C)[C@@]1(O)CCO. The van der Waals surface area contributed by atoms with Gasteiger partial charge in [0.15, 0.2) is 0 Å². The maximum Gasteiger partial charge on any atom is 0.122 e. The molecule has 28 heavy (non-hydrogen) atoms. The molecule has 3 fully saturated rings. The van der Waals surface area contributed by atoms with Crippen LogP contribution in [0.5, 0.6) is 0 Å². The summed E-state index contributed by atoms with van der Waals surface area (Å²) in [5.74, 6) is -0.0661. The molecule has 0 aliphatic heterocycles. The molecule has 2 nitrogen and oxygen atoms in total. The third-order valence-corrected chi connectivity index (χ3v) is 11.1. The molecule has 9 atom stereocenters. The molecule has 0 bridgehead atoms. The van der Waals surface area contributed by atoms with E-state index >= 15 is 4.39 Å². The van der Waals surface area contributed by atoms with Crippen LogP contribution in [0.2, 0.25) is 0 Å². The van der Waals surface area contributed by atoms with Crippen LogP contribution in [0.15, 0.2) is 22.2 Å². The number of fused-ring (bicyclic) bond motifs is 5. The second-order valence-electron chi connectivity index (χ2n) is 9.97. The fourth-order valence-electron chi connectivity index (χ4n) is 7.46. The molecule has 4 aliphatic rings. The minimum atomic E-state index is -1.05. The predicted octanol–water partition coefficient (Wildman–Crippen LogP) is 5.72. The first-order valence-electron chi connectivity index (χ1n) is 10.3. The van der Waals surface area contributed by atoms with Crippen LogP contribution in [0.4, 0.5) is 4.39 Å². The van der Waals surface area contributed by atoms with Gasteiger partial charge in [0.25, 0.3) is 0 Å². The van der Waals surface area contributed by atoms with Crippen LogP contribution in [0, 0.1) is 28.6 Å². The molecular formula is C22H30BrCl2FO2. The van der Waals surface area contributed by atoms with Crippen LogP contribution in [0.3, 0.4) is 0 Å². The van der Waals surface area contributed by atoms with E-state index in [1.54, 1.807) is 0 Å². The Morgan fingerprint density at radius 1 is 1.29 bits per heavy atom. The van der Waals surface area contributed by atoms with Crippen molar-refractivity contribution >= 4 is 39.1 Å². The molecule has 3 saturated carbocycles. The number of rotatable bonds is 2. The standard InChI is InChI=1S/C22H30BrCl2FO2/c1-12-8-15-16-9-17(26)14-5-4-13(23)10-20(14,3)22(16,25)18(24)11-19(15,2)21(12,28)6-7-27/h5,10,12,15-18,27-28H,4,6-9,11H2,1-3H3/t12-,15+,16+,17-,18+,19+,20+,21-,22+/m1/s1. The number of allylic oxidation sites excluding steroid dienone is 4. The van der Waals surface area contributed by atoms with Gasteiger partial charge in [0, 0.05) is 23.9 Å². The maximum atomic E-state index is 15.5. The molecule has 0 spiro atoms. The zero-order chi connectivity index (χ0) is 20.7. The third-order valence-electron chi connectivity index (χ3n) is 8.96. The normalized spacial score (nSPS) is 55.7. The average molecular weight is 496 g/mol. The van der Waals surface area contributed by atoms with E-state index in [9.17, 15) is 10.2 Å². The molecule has 2 N–H and O–H groups in total. The zero-order valence-corrected chi connectivity index (χ0v) is 19.8. The van der Waals surface area contributed by atoms with Gasteiger partial charge in [-0.25, -0.2) is 4.39 Å². The molecule has 0 amide bonds. The van der Waals surface area contributed by atoms with Crippen molar-refractivity contribution in [3.05, 3.63) is 22.2 Å². The summed E-state index contributed by atoms with van der Waals surface area (Å²) in [6.45, 7) is 6.08. The summed E-state index contributed by atoms with van der Waals surface area (Å²) >= 11 is 18.2. The second kappa shape index (κ2) is 6.69. The summed E-state index contributed by atoms with van der Waals surface area (Å²) in [7, 11) is 0. The lowest BCUT2D eigenvalue weighted by atomic mass is 9.46. The Morgan fingerprint density at radius 2 is 1.96 bits per heavy atom. The highest BCUT2D eigenvalue weighted by Gasteiger charge is 2.73. The van der Waals surface area contributed by atoms with Crippen LogP contribution in [-0.4, -0.2) is 38.8 Å². The van der Waals surface area contributed by atoms with Gasteiger partial charge in [0.05, 0.1) is 15.9 Å². The first-order chi connectivity index (χ1) is 13.0. The van der Waals surface area contributed by atoms with Crippen molar-refractivity contribution in [3.8, 4) is 0 Å². The molecule has 4 aliphatic carbocycles. The Kier molecular flexibility index (Phi) is 5.17. The van der Waals surface area contributed by atoms with Gasteiger partial charge in [0.2, 0.25) is 0 Å². The highest BCUT2D eigenvalue weighted by molar-refractivity contribution is 9.11. The molecule has 6 heteroatoms. The van der Waals surface area contributed by atoms with E-state index in [1.165, 1.54) is 0 Å². The molecule has 0 saturated heterocycles. The van der Waals surface area contributed by atoms with Gasteiger partial charge in [0.1, 0.15) is 6.17 Å². The Bertz CT molecular complexity index is 744.